The summed E-state index contributed by atoms with van der Waals surface area (Å²) in [4.78, 5) is 13.2. The summed E-state index contributed by atoms with van der Waals surface area (Å²) in [5.41, 5.74) is 2.46. The van der Waals surface area contributed by atoms with Crippen LogP contribution in [0.2, 0.25) is 5.02 Å². The summed E-state index contributed by atoms with van der Waals surface area (Å²) < 4.78 is 26.8. The van der Waals surface area contributed by atoms with Crippen molar-refractivity contribution in [1.29, 1.82) is 0 Å². The van der Waals surface area contributed by atoms with Crippen molar-refractivity contribution in [3.63, 3.8) is 0 Å². The zero-order valence-electron chi connectivity index (χ0n) is 15.6. The summed E-state index contributed by atoms with van der Waals surface area (Å²) in [6, 6.07) is 10.3. The zero-order chi connectivity index (χ0) is 20.8. The van der Waals surface area contributed by atoms with Crippen molar-refractivity contribution in [2.45, 2.75) is 18.4 Å². The molecule has 1 aliphatic rings. The van der Waals surface area contributed by atoms with Gasteiger partial charge in [-0.15, -0.1) is 11.3 Å². The number of nitrogens with zero attached hydrogens (tertiary/aromatic N) is 1. The molecule has 0 saturated heterocycles. The lowest BCUT2D eigenvalue weighted by Gasteiger charge is -2.16. The van der Waals surface area contributed by atoms with Crippen LogP contribution in [0.3, 0.4) is 0 Å². The highest BCUT2D eigenvalue weighted by Gasteiger charge is 2.44. The number of nitrogens with one attached hydrogen (secondary N) is 1. The topological polar surface area (TPSA) is 88.4 Å². The van der Waals surface area contributed by atoms with Gasteiger partial charge >= 0.3 is 0 Å². The second kappa shape index (κ2) is 7.28. The largest absolute Gasteiger partial charge is 0.394 e. The maximum absolute atomic E-state index is 12.2. The third-order valence-corrected chi connectivity index (χ3v) is 6.90. The number of rotatable bonds is 6. The van der Waals surface area contributed by atoms with Gasteiger partial charge in [-0.2, -0.15) is 0 Å². The second-order valence-corrected chi connectivity index (χ2v) is 10.3. The van der Waals surface area contributed by atoms with Gasteiger partial charge < -0.3 is 9.67 Å². The van der Waals surface area contributed by atoms with E-state index in [1.54, 1.807) is 35.0 Å². The summed E-state index contributed by atoms with van der Waals surface area (Å²) in [6.45, 7) is -0.0469. The lowest BCUT2D eigenvalue weighted by atomic mass is 10.1. The molecule has 1 fully saturated rings. The molecule has 2 N–H and O–H groups in total. The van der Waals surface area contributed by atoms with Crippen molar-refractivity contribution in [1.82, 2.24) is 4.57 Å². The molecular formula is C20H19ClN2O4S2. The van der Waals surface area contributed by atoms with Gasteiger partial charge in [0.15, 0.2) is 0 Å². The molecule has 1 aliphatic carbocycles. The first-order valence-corrected chi connectivity index (χ1v) is 12.1. The Balaban J connectivity index is 1.66. The van der Waals surface area contributed by atoms with Gasteiger partial charge in [0.05, 0.1) is 23.4 Å². The maximum atomic E-state index is 12.2. The highest BCUT2D eigenvalue weighted by atomic mass is 35.5. The molecule has 2 aromatic heterocycles. The average molecular weight is 451 g/mol. The van der Waals surface area contributed by atoms with Crippen LogP contribution >= 0.6 is 22.9 Å². The molecule has 0 unspecified atom stereocenters. The van der Waals surface area contributed by atoms with Crippen LogP contribution in [0.15, 0.2) is 52.8 Å². The highest BCUT2D eigenvalue weighted by Crippen LogP contribution is 2.43. The summed E-state index contributed by atoms with van der Waals surface area (Å²) in [5, 5.41) is 12.1. The molecule has 1 aromatic carbocycles. The van der Waals surface area contributed by atoms with E-state index in [1.807, 2.05) is 11.4 Å². The van der Waals surface area contributed by atoms with E-state index in [0.29, 0.717) is 10.7 Å². The molecule has 0 atom stereocenters. The molecule has 0 spiro atoms. The number of aliphatic hydroxyl groups is 1. The first-order chi connectivity index (χ1) is 13.7. The van der Waals surface area contributed by atoms with Gasteiger partial charge in [-0.25, -0.2) is 8.42 Å². The number of halogens is 1. The molecule has 152 valence electrons. The van der Waals surface area contributed by atoms with Gasteiger partial charge in [-0.3, -0.25) is 9.52 Å². The van der Waals surface area contributed by atoms with Crippen LogP contribution in [0.4, 0.5) is 5.69 Å². The first-order valence-electron chi connectivity index (χ1n) is 8.91. The number of aliphatic hydroxyl groups excluding tert-OH is 1. The monoisotopic (exact) mass is 450 g/mol. The van der Waals surface area contributed by atoms with Crippen LogP contribution in [0.25, 0.3) is 21.6 Å². The zero-order valence-corrected chi connectivity index (χ0v) is 17.9. The lowest BCUT2D eigenvalue weighted by molar-refractivity contribution is 0.210. The number of aromatic nitrogens is 1. The van der Waals surface area contributed by atoms with Crippen molar-refractivity contribution in [2.75, 3.05) is 17.6 Å². The molecule has 29 heavy (non-hydrogen) atoms. The van der Waals surface area contributed by atoms with Gasteiger partial charge in [-0.05, 0) is 59.7 Å². The van der Waals surface area contributed by atoms with Gasteiger partial charge in [0.25, 0.3) is 5.56 Å². The number of anilines is 1. The van der Waals surface area contributed by atoms with Gasteiger partial charge in [0, 0.05) is 28.4 Å². The molecule has 4 rings (SSSR count). The van der Waals surface area contributed by atoms with E-state index in [1.165, 1.54) is 17.4 Å². The smallest absolute Gasteiger partial charge is 0.251 e. The Hall–Kier alpha value is -2.13. The minimum atomic E-state index is -3.37. The Labute approximate surface area is 177 Å². The predicted octanol–water partition coefficient (Wildman–Crippen LogP) is 3.75. The highest BCUT2D eigenvalue weighted by molar-refractivity contribution is 7.92. The van der Waals surface area contributed by atoms with E-state index >= 15 is 0 Å². The summed E-state index contributed by atoms with van der Waals surface area (Å²) >= 11 is 7.89. The van der Waals surface area contributed by atoms with E-state index in [2.05, 4.69) is 4.72 Å². The molecule has 0 bridgehead atoms. The van der Waals surface area contributed by atoms with E-state index in [-0.39, 0.29) is 12.2 Å². The third-order valence-electron chi connectivity index (χ3n) is 5.01. The number of benzene rings is 1. The van der Waals surface area contributed by atoms with Crippen molar-refractivity contribution in [3.05, 3.63) is 63.4 Å². The molecule has 0 amide bonds. The van der Waals surface area contributed by atoms with Crippen LogP contribution in [0, 0.1) is 0 Å². The molecule has 1 saturated carbocycles. The summed E-state index contributed by atoms with van der Waals surface area (Å²) in [7, 11) is -3.37. The molecule has 9 heteroatoms. The number of thiophene rings is 1. The van der Waals surface area contributed by atoms with Gasteiger partial charge in [-0.1, -0.05) is 11.6 Å². The first kappa shape index (κ1) is 20.2. The Kier molecular flexibility index (Phi) is 5.06. The van der Waals surface area contributed by atoms with Crippen LogP contribution in [-0.2, 0) is 15.6 Å². The molecule has 3 aromatic rings. The average Bonchev–Trinajstić information content (AvgIpc) is 3.30. The van der Waals surface area contributed by atoms with Crippen molar-refractivity contribution >= 4 is 38.6 Å². The molecule has 0 aliphatic heterocycles. The quantitative estimate of drug-likeness (QED) is 0.598. The summed E-state index contributed by atoms with van der Waals surface area (Å²) in [5.74, 6) is 0. The van der Waals surface area contributed by atoms with Crippen molar-refractivity contribution < 1.29 is 13.5 Å². The minimum absolute atomic E-state index is 0.0469. The summed E-state index contributed by atoms with van der Waals surface area (Å²) in [6.07, 6.45) is 4.48. The lowest BCUT2D eigenvalue weighted by Crippen LogP contribution is -2.32. The van der Waals surface area contributed by atoms with E-state index in [0.717, 1.165) is 40.7 Å². The maximum Gasteiger partial charge on any atom is 0.251 e. The predicted molar refractivity (Wildman–Crippen MR) is 117 cm³/mol. The van der Waals surface area contributed by atoms with Crippen LogP contribution in [0.5, 0.6) is 0 Å². The van der Waals surface area contributed by atoms with Crippen molar-refractivity contribution in [2.24, 2.45) is 0 Å². The van der Waals surface area contributed by atoms with Crippen LogP contribution < -0.4 is 10.3 Å². The number of pyridine rings is 1. The number of hydrogen-bond donors (Lipinski definition) is 2. The van der Waals surface area contributed by atoms with Gasteiger partial charge in [0.1, 0.15) is 0 Å². The van der Waals surface area contributed by atoms with E-state index in [4.69, 9.17) is 11.6 Å². The SMILES string of the molecule is CS(=O)(=O)Nc1ccc(-c2cc(-c3ccc(=O)n(C4(CO)CC4)c3)cs2)c(Cl)c1. The Morgan fingerprint density at radius 1 is 1.21 bits per heavy atom. The fourth-order valence-electron chi connectivity index (χ4n) is 3.27. The van der Waals surface area contributed by atoms with Gasteiger partial charge in [0.2, 0.25) is 10.0 Å². The fourth-order valence-corrected chi connectivity index (χ4v) is 5.12. The minimum Gasteiger partial charge on any atom is -0.394 e. The Morgan fingerprint density at radius 2 is 1.97 bits per heavy atom. The second-order valence-electron chi connectivity index (χ2n) is 7.28. The fraction of sp³-hybridized carbons (Fsp3) is 0.250. The van der Waals surface area contributed by atoms with Crippen LogP contribution in [0.1, 0.15) is 12.8 Å². The molecule has 6 nitrogen and oxygen atoms in total. The third kappa shape index (κ3) is 4.11. The van der Waals surface area contributed by atoms with E-state index < -0.39 is 15.6 Å². The Bertz CT molecular complexity index is 1240. The molecule has 0 radical (unpaired) electrons. The van der Waals surface area contributed by atoms with Crippen molar-refractivity contribution in [3.8, 4) is 21.6 Å². The number of sulfonamides is 1. The number of hydrogen-bond acceptors (Lipinski definition) is 5. The standard InChI is InChI=1S/C20H19ClN2O4S2/c1-29(26,27)22-15-3-4-16(17(21)9-15)18-8-14(11-28-18)13-2-5-19(25)23(10-13)20(12-24)6-7-20/h2-5,8-11,22,24H,6-7,12H2,1H3. The molecular weight excluding hydrogens is 432 g/mol. The molecule has 2 heterocycles. The normalized spacial score (nSPS) is 15.3. The van der Waals surface area contributed by atoms with E-state index in [9.17, 15) is 18.3 Å². The Morgan fingerprint density at radius 3 is 2.59 bits per heavy atom. The van der Waals surface area contributed by atoms with Crippen LogP contribution in [-0.4, -0.2) is 31.0 Å².